The number of hydrogen-bond donors (Lipinski definition) is 2. The van der Waals surface area contributed by atoms with Crippen LogP contribution in [0.25, 0.3) is 0 Å². The monoisotopic (exact) mass is 223 g/mol. The zero-order chi connectivity index (χ0) is 12.3. The fraction of sp³-hybridized carbons (Fsp3) is 0.636. The van der Waals surface area contributed by atoms with Gasteiger partial charge in [0.2, 0.25) is 0 Å². The van der Waals surface area contributed by atoms with Gasteiger partial charge in [-0.2, -0.15) is 0 Å². The number of nitrogens with two attached hydrogens (primary N) is 1. The molecule has 5 nitrogen and oxygen atoms in total. The molecular formula is C11H21N5. The van der Waals surface area contributed by atoms with E-state index in [1.807, 2.05) is 20.9 Å². The first-order valence-electron chi connectivity index (χ1n) is 5.55. The highest BCUT2D eigenvalue weighted by molar-refractivity contribution is 5.58. The minimum atomic E-state index is 0.443. The molecule has 16 heavy (non-hydrogen) atoms. The summed E-state index contributed by atoms with van der Waals surface area (Å²) in [6, 6.07) is 0.443. The maximum Gasteiger partial charge on any atom is 0.148 e. The van der Waals surface area contributed by atoms with Gasteiger partial charge in [-0.05, 0) is 27.2 Å². The van der Waals surface area contributed by atoms with Crippen LogP contribution >= 0.6 is 0 Å². The molecule has 0 bridgehead atoms. The summed E-state index contributed by atoms with van der Waals surface area (Å²) in [5.41, 5.74) is 3.59. The number of nitrogens with zero attached hydrogens (tertiary/aromatic N) is 3. The van der Waals surface area contributed by atoms with Crippen molar-refractivity contribution in [3.05, 3.63) is 11.4 Å². The third kappa shape index (κ3) is 2.41. The maximum absolute atomic E-state index is 5.44. The van der Waals surface area contributed by atoms with Crippen LogP contribution in [-0.2, 0) is 0 Å². The highest BCUT2D eigenvalue weighted by atomic mass is 15.3. The molecule has 1 aromatic heterocycles. The normalized spacial score (nSPS) is 12.4. The van der Waals surface area contributed by atoms with E-state index in [1.54, 1.807) is 0 Å². The van der Waals surface area contributed by atoms with Gasteiger partial charge in [0.1, 0.15) is 17.5 Å². The molecule has 0 aliphatic rings. The number of anilines is 2. The van der Waals surface area contributed by atoms with Gasteiger partial charge in [-0.15, -0.1) is 0 Å². The molecule has 0 fully saturated rings. The molecule has 1 atom stereocenters. The number of hydrogen-bond acceptors (Lipinski definition) is 5. The fourth-order valence-corrected chi connectivity index (χ4v) is 1.58. The van der Waals surface area contributed by atoms with E-state index in [0.717, 1.165) is 23.6 Å². The molecule has 0 aromatic carbocycles. The van der Waals surface area contributed by atoms with E-state index in [0.29, 0.717) is 11.9 Å². The van der Waals surface area contributed by atoms with Gasteiger partial charge in [-0.3, -0.25) is 0 Å². The Bertz CT molecular complexity index is 364. The lowest BCUT2D eigenvalue weighted by atomic mass is 10.2. The lowest BCUT2D eigenvalue weighted by Gasteiger charge is -2.27. The van der Waals surface area contributed by atoms with Crippen LogP contribution in [0.5, 0.6) is 0 Å². The molecule has 0 saturated heterocycles. The van der Waals surface area contributed by atoms with Crippen LogP contribution in [0.3, 0.4) is 0 Å². The van der Waals surface area contributed by atoms with Gasteiger partial charge in [-0.25, -0.2) is 15.8 Å². The highest BCUT2D eigenvalue weighted by Gasteiger charge is 2.15. The second-order valence-corrected chi connectivity index (χ2v) is 4.08. The summed E-state index contributed by atoms with van der Waals surface area (Å²) in [4.78, 5) is 10.9. The van der Waals surface area contributed by atoms with Crippen molar-refractivity contribution in [2.45, 2.75) is 40.2 Å². The van der Waals surface area contributed by atoms with Gasteiger partial charge < -0.3 is 10.3 Å². The molecule has 90 valence electrons. The summed E-state index contributed by atoms with van der Waals surface area (Å²) in [5, 5.41) is 0. The van der Waals surface area contributed by atoms with E-state index in [4.69, 9.17) is 5.84 Å². The zero-order valence-electron chi connectivity index (χ0n) is 10.7. The minimum absolute atomic E-state index is 0.443. The summed E-state index contributed by atoms with van der Waals surface area (Å²) in [6.07, 6.45) is 1.07. The summed E-state index contributed by atoms with van der Waals surface area (Å²) in [7, 11) is 2.04. The topological polar surface area (TPSA) is 67.1 Å². The minimum Gasteiger partial charge on any atom is -0.357 e. The summed E-state index contributed by atoms with van der Waals surface area (Å²) in [5.74, 6) is 7.80. The molecular weight excluding hydrogens is 202 g/mol. The molecule has 0 radical (unpaired) electrons. The molecule has 0 aliphatic carbocycles. The Morgan fingerprint density at radius 2 is 2.00 bits per heavy atom. The first-order valence-corrected chi connectivity index (χ1v) is 5.55. The Hall–Kier alpha value is -1.36. The third-order valence-corrected chi connectivity index (χ3v) is 2.95. The number of nitrogens with one attached hydrogen (secondary N) is 1. The summed E-state index contributed by atoms with van der Waals surface area (Å²) in [6.45, 7) is 8.18. The van der Waals surface area contributed by atoms with E-state index in [2.05, 4.69) is 34.1 Å². The van der Waals surface area contributed by atoms with Crippen molar-refractivity contribution in [3.63, 3.8) is 0 Å². The molecule has 1 heterocycles. The van der Waals surface area contributed by atoms with Crippen molar-refractivity contribution >= 4 is 11.6 Å². The third-order valence-electron chi connectivity index (χ3n) is 2.95. The number of nitrogen functional groups attached to an aromatic ring is 1. The van der Waals surface area contributed by atoms with Crippen LogP contribution in [0.2, 0.25) is 0 Å². The molecule has 0 spiro atoms. The maximum atomic E-state index is 5.44. The first-order chi connectivity index (χ1) is 7.51. The fourth-order valence-electron chi connectivity index (χ4n) is 1.58. The molecule has 3 N–H and O–H groups in total. The average Bonchev–Trinajstić information content (AvgIpc) is 2.29. The predicted molar refractivity (Wildman–Crippen MR) is 67.5 cm³/mol. The van der Waals surface area contributed by atoms with Crippen molar-refractivity contribution in [2.75, 3.05) is 17.4 Å². The Balaban J connectivity index is 3.17. The predicted octanol–water partition coefficient (Wildman–Crippen LogP) is 1.61. The molecule has 1 unspecified atom stereocenters. The summed E-state index contributed by atoms with van der Waals surface area (Å²) < 4.78 is 0. The number of aromatic nitrogens is 2. The van der Waals surface area contributed by atoms with Crippen LogP contribution in [0.15, 0.2) is 0 Å². The number of hydrazine groups is 1. The van der Waals surface area contributed by atoms with Gasteiger partial charge in [0.25, 0.3) is 0 Å². The molecule has 1 aromatic rings. The Kier molecular flexibility index (Phi) is 4.06. The van der Waals surface area contributed by atoms with E-state index >= 15 is 0 Å². The molecule has 1 rings (SSSR count). The Morgan fingerprint density at radius 3 is 2.50 bits per heavy atom. The largest absolute Gasteiger partial charge is 0.357 e. The number of aryl methyl sites for hydroxylation is 1. The van der Waals surface area contributed by atoms with Gasteiger partial charge in [-0.1, -0.05) is 6.92 Å². The Morgan fingerprint density at radius 1 is 1.38 bits per heavy atom. The van der Waals surface area contributed by atoms with Crippen molar-refractivity contribution in [1.82, 2.24) is 9.97 Å². The lowest BCUT2D eigenvalue weighted by Crippen LogP contribution is -2.30. The van der Waals surface area contributed by atoms with Gasteiger partial charge in [0, 0.05) is 18.7 Å². The molecule has 0 aliphatic heterocycles. The van der Waals surface area contributed by atoms with E-state index in [1.165, 1.54) is 0 Å². The average molecular weight is 223 g/mol. The second-order valence-electron chi connectivity index (χ2n) is 4.08. The number of rotatable bonds is 4. The van der Waals surface area contributed by atoms with Gasteiger partial charge in [0.05, 0.1) is 0 Å². The van der Waals surface area contributed by atoms with Crippen molar-refractivity contribution in [3.8, 4) is 0 Å². The van der Waals surface area contributed by atoms with Gasteiger partial charge in [0.15, 0.2) is 0 Å². The van der Waals surface area contributed by atoms with E-state index < -0.39 is 0 Å². The highest BCUT2D eigenvalue weighted by Crippen LogP contribution is 2.23. The van der Waals surface area contributed by atoms with Crippen LogP contribution < -0.4 is 16.2 Å². The van der Waals surface area contributed by atoms with Crippen molar-refractivity contribution in [1.29, 1.82) is 0 Å². The van der Waals surface area contributed by atoms with Crippen molar-refractivity contribution in [2.24, 2.45) is 5.84 Å². The Labute approximate surface area is 97.0 Å². The molecule has 5 heteroatoms. The van der Waals surface area contributed by atoms with Crippen LogP contribution in [0.4, 0.5) is 11.6 Å². The van der Waals surface area contributed by atoms with Gasteiger partial charge >= 0.3 is 0 Å². The van der Waals surface area contributed by atoms with Crippen LogP contribution in [-0.4, -0.2) is 23.1 Å². The van der Waals surface area contributed by atoms with E-state index in [9.17, 15) is 0 Å². The lowest BCUT2D eigenvalue weighted by molar-refractivity contribution is 0.653. The molecule has 0 amide bonds. The van der Waals surface area contributed by atoms with Crippen LogP contribution in [0, 0.1) is 13.8 Å². The molecule has 0 saturated carbocycles. The van der Waals surface area contributed by atoms with Crippen molar-refractivity contribution < 1.29 is 0 Å². The smallest absolute Gasteiger partial charge is 0.148 e. The zero-order valence-corrected chi connectivity index (χ0v) is 10.7. The standard InChI is InChI=1S/C11H21N5/c1-6-7(2)16(5)11-8(3)10(15-12)13-9(4)14-11/h7H,6,12H2,1-5H3,(H,13,14,15). The van der Waals surface area contributed by atoms with E-state index in [-0.39, 0.29) is 0 Å². The van der Waals surface area contributed by atoms with Crippen LogP contribution in [0.1, 0.15) is 31.7 Å². The second kappa shape index (κ2) is 5.12. The SMILES string of the molecule is CCC(C)N(C)c1nc(C)nc(NN)c1C. The summed E-state index contributed by atoms with van der Waals surface area (Å²) >= 11 is 0. The quantitative estimate of drug-likeness (QED) is 0.599. The first kappa shape index (κ1) is 12.7.